The van der Waals surface area contributed by atoms with Gasteiger partial charge in [0, 0.05) is 12.7 Å². The van der Waals surface area contributed by atoms with Crippen molar-refractivity contribution < 1.29 is 31.9 Å². The summed E-state index contributed by atoms with van der Waals surface area (Å²) in [6, 6.07) is -0.512. The number of nitrogens with zero attached hydrogens (tertiary/aromatic N) is 6. The molecule has 4 rings (SSSR count). The molecule has 2 aromatic heterocycles. The second-order valence-corrected chi connectivity index (χ2v) is 10.3. The van der Waals surface area contributed by atoms with Gasteiger partial charge in [-0.3, -0.25) is 19.2 Å². The molecule has 2 atom stereocenters. The van der Waals surface area contributed by atoms with Crippen molar-refractivity contribution in [2.75, 3.05) is 19.6 Å². The van der Waals surface area contributed by atoms with Crippen LogP contribution in [0.1, 0.15) is 50.3 Å². The van der Waals surface area contributed by atoms with Crippen molar-refractivity contribution in [3.05, 3.63) is 44.9 Å². The minimum atomic E-state index is -4.73. The van der Waals surface area contributed by atoms with Crippen LogP contribution >= 0.6 is 11.6 Å². The molecule has 0 saturated carbocycles. The van der Waals surface area contributed by atoms with Crippen LogP contribution < -0.4 is 5.69 Å². The van der Waals surface area contributed by atoms with Crippen LogP contribution in [0.15, 0.2) is 17.1 Å². The highest BCUT2D eigenvalue weighted by molar-refractivity contribution is 6.32. The molecule has 1 saturated heterocycles. The molecule has 1 fully saturated rings. The molecule has 0 radical (unpaired) electrons. The number of hydrogen-bond donors (Lipinski definition) is 0. The molecule has 0 aromatic carbocycles. The fraction of sp³-hybridized carbons (Fsp3) is 0.591. The third-order valence-electron chi connectivity index (χ3n) is 5.92. The fourth-order valence-electron chi connectivity index (χ4n) is 4.26. The van der Waals surface area contributed by atoms with Gasteiger partial charge in [0.2, 0.25) is 5.91 Å². The monoisotopic (exact) mass is 548 g/mol. The summed E-state index contributed by atoms with van der Waals surface area (Å²) in [5.74, 6) is -0.564. The summed E-state index contributed by atoms with van der Waals surface area (Å²) in [5.41, 5.74) is -3.01. The van der Waals surface area contributed by atoms with E-state index in [1.54, 1.807) is 20.8 Å². The highest BCUT2D eigenvalue weighted by Gasteiger charge is 2.41. The summed E-state index contributed by atoms with van der Waals surface area (Å²) in [5, 5.41) is 3.50. The van der Waals surface area contributed by atoms with E-state index in [1.165, 1.54) is 9.80 Å². The van der Waals surface area contributed by atoms with Gasteiger partial charge in [-0.2, -0.15) is 18.3 Å². The van der Waals surface area contributed by atoms with E-state index in [-0.39, 0.29) is 44.1 Å². The lowest BCUT2D eigenvalue weighted by atomic mass is 10.1. The van der Waals surface area contributed by atoms with Gasteiger partial charge in [-0.15, -0.1) is 0 Å². The van der Waals surface area contributed by atoms with Crippen molar-refractivity contribution >= 4 is 23.6 Å². The number of halogens is 5. The number of hydrogen-bond acceptors (Lipinski definition) is 6. The number of likely N-dealkylation sites (tertiary alicyclic amines) is 1. The van der Waals surface area contributed by atoms with E-state index in [2.05, 4.69) is 10.1 Å². The summed E-state index contributed by atoms with van der Waals surface area (Å²) in [4.78, 5) is 45.7. The van der Waals surface area contributed by atoms with Crippen LogP contribution in [0.25, 0.3) is 0 Å². The molecule has 2 aliphatic heterocycles. The fourth-order valence-corrected chi connectivity index (χ4v) is 4.53. The highest BCUT2D eigenvalue weighted by atomic mass is 35.5. The Morgan fingerprint density at radius 1 is 1.19 bits per heavy atom. The molecule has 2 amide bonds. The Morgan fingerprint density at radius 3 is 2.49 bits per heavy atom. The van der Waals surface area contributed by atoms with Crippen LogP contribution in [-0.4, -0.2) is 72.5 Å². The molecule has 0 spiro atoms. The minimum absolute atomic E-state index is 0.0135. The third-order valence-corrected chi connectivity index (χ3v) is 6.35. The maximum Gasteiger partial charge on any atom is 0.417 e. The van der Waals surface area contributed by atoms with Crippen LogP contribution in [0.3, 0.4) is 0 Å². The van der Waals surface area contributed by atoms with Gasteiger partial charge >= 0.3 is 18.0 Å². The number of carbonyl (C=O) groups excluding carboxylic acids is 2. The van der Waals surface area contributed by atoms with Gasteiger partial charge in [-0.1, -0.05) is 11.6 Å². The average Bonchev–Trinajstić information content (AvgIpc) is 3.35. The Morgan fingerprint density at radius 2 is 1.89 bits per heavy atom. The van der Waals surface area contributed by atoms with Crippen LogP contribution in [0.4, 0.5) is 22.4 Å². The Bertz CT molecular complexity index is 1270. The maximum atomic E-state index is 13.8. The molecule has 15 heteroatoms. The van der Waals surface area contributed by atoms with Crippen molar-refractivity contribution in [3.63, 3.8) is 0 Å². The third kappa shape index (κ3) is 5.58. The number of fused-ring (bicyclic) bond motifs is 1. The number of carbonyl (C=O) groups is 2. The van der Waals surface area contributed by atoms with E-state index in [1.807, 2.05) is 0 Å². The minimum Gasteiger partial charge on any atom is -0.444 e. The Balaban J connectivity index is 1.71. The molecular formula is C22H25ClF4N6O4. The molecule has 2 unspecified atom stereocenters. The lowest BCUT2D eigenvalue weighted by molar-refractivity contribution is -0.137. The first kappa shape index (κ1) is 26.9. The molecule has 202 valence electrons. The van der Waals surface area contributed by atoms with Crippen molar-refractivity contribution in [2.24, 2.45) is 0 Å². The topological polar surface area (TPSA) is 103 Å². The van der Waals surface area contributed by atoms with Crippen molar-refractivity contribution in [1.82, 2.24) is 29.1 Å². The van der Waals surface area contributed by atoms with Crippen molar-refractivity contribution in [3.8, 4) is 0 Å². The molecule has 0 N–H and O–H groups in total. The predicted molar refractivity (Wildman–Crippen MR) is 122 cm³/mol. The lowest BCUT2D eigenvalue weighted by Gasteiger charge is -2.35. The Kier molecular flexibility index (Phi) is 6.99. The highest BCUT2D eigenvalue weighted by Crippen LogP contribution is 2.35. The zero-order valence-corrected chi connectivity index (χ0v) is 21.0. The largest absolute Gasteiger partial charge is 0.444 e. The number of aromatic nitrogens is 4. The normalized spacial score (nSPS) is 20.2. The van der Waals surface area contributed by atoms with Gasteiger partial charge < -0.3 is 9.64 Å². The van der Waals surface area contributed by atoms with Gasteiger partial charge in [0.25, 0.3) is 0 Å². The van der Waals surface area contributed by atoms with E-state index >= 15 is 0 Å². The summed E-state index contributed by atoms with van der Waals surface area (Å²) in [6.45, 7) is 4.05. The number of alkyl halides is 4. The first-order valence-corrected chi connectivity index (χ1v) is 11.8. The van der Waals surface area contributed by atoms with Gasteiger partial charge in [-0.25, -0.2) is 18.7 Å². The van der Waals surface area contributed by atoms with Gasteiger partial charge in [0.1, 0.15) is 17.8 Å². The SMILES string of the molecule is CC(C)(C)OC(=O)N1Cc2nn(Cc3nccc(C(F)(F)F)c3Cl)c(=O)n2C(C(=O)N2CCC(F)C2)C1. The average molecular weight is 549 g/mol. The zero-order chi connectivity index (χ0) is 27.3. The predicted octanol–water partition coefficient (Wildman–Crippen LogP) is 3.02. The number of ether oxygens (including phenoxy) is 1. The van der Waals surface area contributed by atoms with Crippen molar-refractivity contribution in [1.29, 1.82) is 0 Å². The van der Waals surface area contributed by atoms with Crippen LogP contribution in [0.2, 0.25) is 5.02 Å². The van der Waals surface area contributed by atoms with E-state index in [4.69, 9.17) is 16.3 Å². The van der Waals surface area contributed by atoms with E-state index < -0.39 is 58.8 Å². The molecule has 2 aromatic rings. The Hall–Kier alpha value is -3.16. The quantitative estimate of drug-likeness (QED) is 0.546. The van der Waals surface area contributed by atoms with Gasteiger partial charge in [0.05, 0.1) is 42.5 Å². The van der Waals surface area contributed by atoms with E-state index in [9.17, 15) is 31.9 Å². The van der Waals surface area contributed by atoms with E-state index in [0.717, 1.165) is 15.4 Å². The molecular weight excluding hydrogens is 524 g/mol. The maximum absolute atomic E-state index is 13.8. The van der Waals surface area contributed by atoms with Gasteiger partial charge in [-0.05, 0) is 33.3 Å². The smallest absolute Gasteiger partial charge is 0.417 e. The van der Waals surface area contributed by atoms with Crippen molar-refractivity contribution in [2.45, 2.75) is 64.3 Å². The Labute approximate surface area is 213 Å². The second kappa shape index (κ2) is 9.62. The molecule has 0 aliphatic carbocycles. The molecule has 10 nitrogen and oxygen atoms in total. The van der Waals surface area contributed by atoms with Gasteiger partial charge in [0.15, 0.2) is 5.82 Å². The first-order valence-electron chi connectivity index (χ1n) is 11.5. The number of pyridine rings is 1. The molecule has 0 bridgehead atoms. The molecule has 4 heterocycles. The lowest BCUT2D eigenvalue weighted by Crippen LogP contribution is -2.51. The summed E-state index contributed by atoms with van der Waals surface area (Å²) >= 11 is 5.93. The van der Waals surface area contributed by atoms with Crippen LogP contribution in [-0.2, 0) is 28.8 Å². The summed E-state index contributed by atoms with van der Waals surface area (Å²) < 4.78 is 60.9. The number of rotatable bonds is 3. The van der Waals surface area contributed by atoms with Crippen LogP contribution in [0.5, 0.6) is 0 Å². The summed E-state index contributed by atoms with van der Waals surface area (Å²) in [7, 11) is 0. The molecule has 2 aliphatic rings. The standard InChI is InChI=1S/C22H25ClF4N6O4/c1-21(2,3)37-20(36)31-10-15(18(34)30-7-5-12(24)8-30)33-16(11-31)29-32(19(33)35)9-14-17(23)13(4-6-28-14)22(25,26)27/h4,6,12,15H,5,7-11H2,1-3H3. The first-order chi connectivity index (χ1) is 17.2. The van der Waals surface area contributed by atoms with E-state index in [0.29, 0.717) is 6.07 Å². The number of amides is 2. The molecule has 37 heavy (non-hydrogen) atoms. The second-order valence-electron chi connectivity index (χ2n) is 9.89. The zero-order valence-electron chi connectivity index (χ0n) is 20.3. The van der Waals surface area contributed by atoms with Crippen LogP contribution in [0, 0.1) is 0 Å². The summed E-state index contributed by atoms with van der Waals surface area (Å²) in [6.07, 6.45) is -5.62.